The minimum atomic E-state index is -4.92. The number of Topliss-reactive ketones (excluding diaryl/α,β-unsaturated/α-hetero) is 1. The molecular weight excluding hydrogens is 292 g/mol. The predicted molar refractivity (Wildman–Crippen MR) is 66.1 cm³/mol. The van der Waals surface area contributed by atoms with E-state index in [1.807, 2.05) is 0 Å². The van der Waals surface area contributed by atoms with Gasteiger partial charge in [0.2, 0.25) is 0 Å². The van der Waals surface area contributed by atoms with Gasteiger partial charge in [-0.15, -0.1) is 0 Å². The van der Waals surface area contributed by atoms with Crippen molar-refractivity contribution in [2.45, 2.75) is 20.0 Å². The molecule has 0 radical (unpaired) electrons. The van der Waals surface area contributed by atoms with Crippen LogP contribution in [0.5, 0.6) is 0 Å². The molecule has 0 aromatic heterocycles. The predicted octanol–water partition coefficient (Wildman–Crippen LogP) is 3.47. The van der Waals surface area contributed by atoms with E-state index in [1.165, 1.54) is 13.8 Å². The first kappa shape index (κ1) is 17.1. The van der Waals surface area contributed by atoms with E-state index in [9.17, 15) is 27.2 Å². The van der Waals surface area contributed by atoms with Gasteiger partial charge in [0.05, 0.1) is 18.2 Å². The number of ether oxygens (including phenoxy) is 1. The highest BCUT2D eigenvalue weighted by Gasteiger charge is 2.38. The molecule has 0 bridgehead atoms. The van der Waals surface area contributed by atoms with E-state index in [-0.39, 0.29) is 0 Å². The molecule has 3 nitrogen and oxygen atoms in total. The Labute approximate surface area is 118 Å². The molecule has 0 aliphatic heterocycles. The first-order chi connectivity index (χ1) is 9.61. The molecule has 116 valence electrons. The number of benzene rings is 1. The highest BCUT2D eigenvalue weighted by atomic mass is 19.4. The number of rotatable bonds is 4. The third kappa shape index (κ3) is 3.59. The van der Waals surface area contributed by atoms with E-state index >= 15 is 0 Å². The van der Waals surface area contributed by atoms with Gasteiger partial charge in [-0.3, -0.25) is 9.59 Å². The quantitative estimate of drug-likeness (QED) is 0.370. The van der Waals surface area contributed by atoms with E-state index in [4.69, 9.17) is 0 Å². The second-order valence-corrected chi connectivity index (χ2v) is 4.77. The van der Waals surface area contributed by atoms with E-state index in [2.05, 4.69) is 4.74 Å². The first-order valence-corrected chi connectivity index (χ1v) is 6.09. The van der Waals surface area contributed by atoms with Crippen molar-refractivity contribution < 1.29 is 31.9 Å². The summed E-state index contributed by atoms with van der Waals surface area (Å²) in [5.74, 6) is -5.51. The van der Waals surface area contributed by atoms with Crippen LogP contribution in [0, 0.1) is 17.7 Å². The van der Waals surface area contributed by atoms with Crippen molar-refractivity contribution in [3.05, 3.63) is 35.1 Å². The summed E-state index contributed by atoms with van der Waals surface area (Å²) in [6, 6.07) is 2.38. The lowest BCUT2D eigenvalue weighted by Gasteiger charge is -2.18. The summed E-state index contributed by atoms with van der Waals surface area (Å²) in [5.41, 5.74) is -2.31. The van der Waals surface area contributed by atoms with Crippen LogP contribution >= 0.6 is 0 Å². The first-order valence-electron chi connectivity index (χ1n) is 6.09. The van der Waals surface area contributed by atoms with E-state index in [0.717, 1.165) is 19.2 Å². The van der Waals surface area contributed by atoms with Crippen LogP contribution in [-0.4, -0.2) is 18.9 Å². The number of esters is 1. The number of hydrogen-bond donors (Lipinski definition) is 0. The third-order valence-electron chi connectivity index (χ3n) is 2.97. The molecule has 1 atom stereocenters. The second-order valence-electron chi connectivity index (χ2n) is 4.77. The average Bonchev–Trinajstić information content (AvgIpc) is 2.36. The zero-order valence-electron chi connectivity index (χ0n) is 11.6. The fourth-order valence-corrected chi connectivity index (χ4v) is 1.92. The Balaban J connectivity index is 3.33. The highest BCUT2D eigenvalue weighted by Crippen LogP contribution is 2.33. The van der Waals surface area contributed by atoms with Crippen LogP contribution in [0.3, 0.4) is 0 Å². The topological polar surface area (TPSA) is 43.4 Å². The summed E-state index contributed by atoms with van der Waals surface area (Å²) >= 11 is 0. The van der Waals surface area contributed by atoms with Crippen molar-refractivity contribution in [3.8, 4) is 0 Å². The summed E-state index contributed by atoms with van der Waals surface area (Å²) < 4.78 is 56.3. The smallest absolute Gasteiger partial charge is 0.419 e. The van der Waals surface area contributed by atoms with Crippen molar-refractivity contribution in [1.29, 1.82) is 0 Å². The molecular formula is C14H14F4O3. The number of carbonyl (C=O) groups is 2. The van der Waals surface area contributed by atoms with Crippen molar-refractivity contribution in [1.82, 2.24) is 0 Å². The number of carbonyl (C=O) groups excluding carboxylic acids is 2. The molecule has 21 heavy (non-hydrogen) atoms. The Morgan fingerprint density at radius 3 is 2.19 bits per heavy atom. The van der Waals surface area contributed by atoms with Gasteiger partial charge in [-0.25, -0.2) is 4.39 Å². The van der Waals surface area contributed by atoms with Gasteiger partial charge in [0, 0.05) is 0 Å². The molecule has 1 aromatic rings. The monoisotopic (exact) mass is 306 g/mol. The summed E-state index contributed by atoms with van der Waals surface area (Å²) in [4.78, 5) is 23.8. The zero-order chi connectivity index (χ0) is 16.4. The van der Waals surface area contributed by atoms with Crippen LogP contribution in [0.4, 0.5) is 17.6 Å². The van der Waals surface area contributed by atoms with E-state index in [1.54, 1.807) is 0 Å². The molecule has 0 fully saturated rings. The standard InChI is InChI=1S/C14H14F4O3/c1-7(2)10(13(20)21-3)12(19)8-5-4-6-9(11(8)15)14(16,17)18/h4-7,10H,1-3H3. The highest BCUT2D eigenvalue weighted by molar-refractivity contribution is 6.09. The SMILES string of the molecule is COC(=O)C(C(=O)c1cccc(C(F)(F)F)c1F)C(C)C. The average molecular weight is 306 g/mol. The maximum absolute atomic E-state index is 13.9. The van der Waals surface area contributed by atoms with Crippen LogP contribution in [0.15, 0.2) is 18.2 Å². The Bertz CT molecular complexity index is 550. The summed E-state index contributed by atoms with van der Waals surface area (Å²) in [6.07, 6.45) is -4.92. The van der Waals surface area contributed by atoms with Gasteiger partial charge in [0.25, 0.3) is 0 Å². The molecule has 0 aliphatic rings. The molecule has 0 saturated heterocycles. The molecule has 1 aromatic carbocycles. The number of methoxy groups -OCH3 is 1. The van der Waals surface area contributed by atoms with Crippen molar-refractivity contribution in [3.63, 3.8) is 0 Å². The summed E-state index contributed by atoms with van der Waals surface area (Å²) in [7, 11) is 1.05. The number of halogens is 4. The molecule has 0 N–H and O–H groups in total. The fourth-order valence-electron chi connectivity index (χ4n) is 1.92. The van der Waals surface area contributed by atoms with Crippen LogP contribution in [0.25, 0.3) is 0 Å². The van der Waals surface area contributed by atoms with Gasteiger partial charge in [-0.1, -0.05) is 19.9 Å². The van der Waals surface area contributed by atoms with Gasteiger partial charge < -0.3 is 4.74 Å². The largest absolute Gasteiger partial charge is 0.468 e. The van der Waals surface area contributed by atoms with Crippen LogP contribution in [0.1, 0.15) is 29.8 Å². The lowest BCUT2D eigenvalue weighted by molar-refractivity contribution is -0.144. The number of alkyl halides is 3. The van der Waals surface area contributed by atoms with Gasteiger partial charge >= 0.3 is 12.1 Å². The third-order valence-corrected chi connectivity index (χ3v) is 2.97. The lowest BCUT2D eigenvalue weighted by Crippen LogP contribution is -2.31. The van der Waals surface area contributed by atoms with Crippen molar-refractivity contribution in [2.24, 2.45) is 11.8 Å². The van der Waals surface area contributed by atoms with E-state index < -0.39 is 46.7 Å². The Morgan fingerprint density at radius 2 is 1.76 bits per heavy atom. The van der Waals surface area contributed by atoms with Gasteiger partial charge in [0.15, 0.2) is 5.78 Å². The minimum Gasteiger partial charge on any atom is -0.468 e. The molecule has 1 unspecified atom stereocenters. The van der Waals surface area contributed by atoms with Gasteiger partial charge in [-0.2, -0.15) is 13.2 Å². The van der Waals surface area contributed by atoms with Crippen LogP contribution < -0.4 is 0 Å². The van der Waals surface area contributed by atoms with E-state index in [0.29, 0.717) is 6.07 Å². The summed E-state index contributed by atoms with van der Waals surface area (Å²) in [6.45, 7) is 3.04. The molecule has 0 heterocycles. The lowest BCUT2D eigenvalue weighted by atomic mass is 9.87. The van der Waals surface area contributed by atoms with Gasteiger partial charge in [-0.05, 0) is 18.1 Å². The second kappa shape index (κ2) is 6.24. The Hall–Kier alpha value is -1.92. The fraction of sp³-hybridized carbons (Fsp3) is 0.429. The Morgan fingerprint density at radius 1 is 1.19 bits per heavy atom. The van der Waals surface area contributed by atoms with Crippen LogP contribution in [0.2, 0.25) is 0 Å². The maximum Gasteiger partial charge on any atom is 0.419 e. The number of hydrogen-bond acceptors (Lipinski definition) is 3. The normalized spacial score (nSPS) is 13.1. The van der Waals surface area contributed by atoms with Gasteiger partial charge in [0.1, 0.15) is 11.7 Å². The zero-order valence-corrected chi connectivity index (χ0v) is 11.6. The number of ketones is 1. The molecule has 1 rings (SSSR count). The maximum atomic E-state index is 13.9. The van der Waals surface area contributed by atoms with Crippen molar-refractivity contribution >= 4 is 11.8 Å². The van der Waals surface area contributed by atoms with Crippen LogP contribution in [-0.2, 0) is 15.7 Å². The molecule has 0 spiro atoms. The molecule has 7 heteroatoms. The molecule has 0 saturated carbocycles. The summed E-state index contributed by atoms with van der Waals surface area (Å²) in [5, 5.41) is 0. The molecule has 0 amide bonds. The molecule has 0 aliphatic carbocycles. The minimum absolute atomic E-state index is 0.536. The Kier molecular flexibility index (Phi) is 5.09. The van der Waals surface area contributed by atoms with Crippen molar-refractivity contribution in [2.75, 3.05) is 7.11 Å².